The van der Waals surface area contributed by atoms with Gasteiger partial charge >= 0.3 is 0 Å². The number of carbonyl (C=O) groups excluding carboxylic acids is 1. The molecule has 0 radical (unpaired) electrons. The van der Waals surface area contributed by atoms with E-state index in [1.807, 2.05) is 0 Å². The lowest BCUT2D eigenvalue weighted by Gasteiger charge is -2.41. The van der Waals surface area contributed by atoms with Gasteiger partial charge in [-0.15, -0.1) is 0 Å². The summed E-state index contributed by atoms with van der Waals surface area (Å²) >= 11 is 12.0. The van der Waals surface area contributed by atoms with E-state index in [0.29, 0.717) is 28.6 Å². The van der Waals surface area contributed by atoms with Crippen molar-refractivity contribution in [2.75, 3.05) is 19.6 Å². The normalized spacial score (nSPS) is 22.2. The summed E-state index contributed by atoms with van der Waals surface area (Å²) in [6, 6.07) is 5.16. The molecule has 1 saturated heterocycles. The first-order valence-electron chi connectivity index (χ1n) is 7.16. The van der Waals surface area contributed by atoms with Gasteiger partial charge in [-0.05, 0) is 32.9 Å². The van der Waals surface area contributed by atoms with Gasteiger partial charge < -0.3 is 4.74 Å². The lowest BCUT2D eigenvalue weighted by molar-refractivity contribution is -0.128. The van der Waals surface area contributed by atoms with Gasteiger partial charge in [0.15, 0.2) is 5.78 Å². The summed E-state index contributed by atoms with van der Waals surface area (Å²) in [7, 11) is 0. The van der Waals surface area contributed by atoms with Crippen molar-refractivity contribution in [3.8, 4) is 0 Å². The van der Waals surface area contributed by atoms with Crippen LogP contribution in [0.25, 0.3) is 0 Å². The van der Waals surface area contributed by atoms with Crippen LogP contribution in [0.5, 0.6) is 0 Å². The van der Waals surface area contributed by atoms with Crippen molar-refractivity contribution in [2.24, 2.45) is 0 Å². The van der Waals surface area contributed by atoms with Gasteiger partial charge in [0.1, 0.15) is 0 Å². The third-order valence-corrected chi connectivity index (χ3v) is 4.37. The Hall–Kier alpha value is -0.610. The van der Waals surface area contributed by atoms with Crippen LogP contribution in [0.4, 0.5) is 0 Å². The van der Waals surface area contributed by atoms with E-state index in [-0.39, 0.29) is 17.5 Å². The topological polar surface area (TPSA) is 29.5 Å². The van der Waals surface area contributed by atoms with Crippen molar-refractivity contribution < 1.29 is 9.53 Å². The number of rotatable bonds is 4. The first kappa shape index (κ1) is 16.8. The third-order valence-electron chi connectivity index (χ3n) is 3.55. The summed E-state index contributed by atoms with van der Waals surface area (Å²) in [5.74, 6) is 0.0273. The molecule has 2 rings (SSSR count). The highest BCUT2D eigenvalue weighted by atomic mass is 35.5. The first-order chi connectivity index (χ1) is 9.78. The zero-order valence-corrected chi connectivity index (χ0v) is 14.2. The molecule has 0 bridgehead atoms. The van der Waals surface area contributed by atoms with E-state index in [9.17, 15) is 4.79 Å². The second-order valence-electron chi connectivity index (χ2n) is 6.20. The van der Waals surface area contributed by atoms with E-state index in [0.717, 1.165) is 13.1 Å². The Morgan fingerprint density at radius 3 is 2.81 bits per heavy atom. The van der Waals surface area contributed by atoms with Crippen molar-refractivity contribution in [2.45, 2.75) is 38.9 Å². The largest absolute Gasteiger partial charge is 0.370 e. The number of benzene rings is 1. The van der Waals surface area contributed by atoms with Crippen LogP contribution in [0.1, 0.15) is 37.6 Å². The number of Topliss-reactive ketones (excluding diaryl/α,β-unsaturated/α-hetero) is 1. The molecule has 1 aromatic rings. The van der Waals surface area contributed by atoms with Crippen molar-refractivity contribution in [1.82, 2.24) is 4.90 Å². The molecule has 1 aromatic carbocycles. The molecular weight excluding hydrogens is 309 g/mol. The van der Waals surface area contributed by atoms with E-state index < -0.39 is 0 Å². The number of carbonyl (C=O) groups is 1. The molecular formula is C16H21Cl2NO2. The smallest absolute Gasteiger partial charge is 0.165 e. The Labute approximate surface area is 136 Å². The van der Waals surface area contributed by atoms with Crippen molar-refractivity contribution in [1.29, 1.82) is 0 Å². The highest BCUT2D eigenvalue weighted by Gasteiger charge is 2.31. The second-order valence-corrected chi connectivity index (χ2v) is 6.98. The number of nitrogens with zero attached hydrogens (tertiary/aromatic N) is 1. The summed E-state index contributed by atoms with van der Waals surface area (Å²) < 4.78 is 5.87. The average Bonchev–Trinajstić information content (AvgIpc) is 2.37. The molecule has 1 fully saturated rings. The second kappa shape index (κ2) is 6.66. The van der Waals surface area contributed by atoms with Crippen LogP contribution in [-0.2, 0) is 4.74 Å². The number of morpholine rings is 1. The average molecular weight is 330 g/mol. The van der Waals surface area contributed by atoms with Crippen LogP contribution in [0.3, 0.4) is 0 Å². The first-order valence-corrected chi connectivity index (χ1v) is 7.91. The van der Waals surface area contributed by atoms with E-state index >= 15 is 0 Å². The van der Waals surface area contributed by atoms with Crippen molar-refractivity contribution in [3.05, 3.63) is 33.8 Å². The summed E-state index contributed by atoms with van der Waals surface area (Å²) in [6.45, 7) is 8.59. The Kier molecular flexibility index (Phi) is 5.31. The Morgan fingerprint density at radius 2 is 2.14 bits per heavy atom. The molecule has 1 aliphatic rings. The van der Waals surface area contributed by atoms with Crippen LogP contribution in [0.2, 0.25) is 10.0 Å². The zero-order chi connectivity index (χ0) is 15.6. The summed E-state index contributed by atoms with van der Waals surface area (Å²) in [4.78, 5) is 14.6. The predicted octanol–water partition coefficient (Wildman–Crippen LogP) is 4.07. The monoisotopic (exact) mass is 329 g/mol. The minimum atomic E-state index is -0.172. The van der Waals surface area contributed by atoms with Crippen LogP contribution < -0.4 is 0 Å². The SMILES string of the molecule is CC1CN(CCC(=O)c2cccc(Cl)c2Cl)CC(C)(C)O1. The van der Waals surface area contributed by atoms with E-state index in [1.165, 1.54) is 0 Å². The standard InChI is InChI=1S/C16H21Cl2NO2/c1-11-9-19(10-16(2,3)21-11)8-7-14(20)12-5-4-6-13(17)15(12)18/h4-6,11H,7-10H2,1-3H3. The number of halogens is 2. The van der Waals surface area contributed by atoms with Crippen molar-refractivity contribution in [3.63, 3.8) is 0 Å². The summed E-state index contributed by atoms with van der Waals surface area (Å²) in [6.07, 6.45) is 0.613. The molecule has 0 spiro atoms. The minimum absolute atomic E-state index is 0.0273. The van der Waals surface area contributed by atoms with Crippen LogP contribution >= 0.6 is 23.2 Å². The molecule has 116 valence electrons. The van der Waals surface area contributed by atoms with Gasteiger partial charge in [0.25, 0.3) is 0 Å². The number of ketones is 1. The lowest BCUT2D eigenvalue weighted by Crippen LogP contribution is -2.52. The van der Waals surface area contributed by atoms with Gasteiger partial charge in [-0.1, -0.05) is 29.3 Å². The van der Waals surface area contributed by atoms with Gasteiger partial charge in [-0.3, -0.25) is 9.69 Å². The maximum Gasteiger partial charge on any atom is 0.165 e. The highest BCUT2D eigenvalue weighted by Crippen LogP contribution is 2.27. The number of hydrogen-bond donors (Lipinski definition) is 0. The lowest BCUT2D eigenvalue weighted by atomic mass is 10.0. The van der Waals surface area contributed by atoms with Crippen LogP contribution in [0.15, 0.2) is 18.2 Å². The quantitative estimate of drug-likeness (QED) is 0.780. The van der Waals surface area contributed by atoms with E-state index in [2.05, 4.69) is 25.7 Å². The van der Waals surface area contributed by atoms with Gasteiger partial charge in [-0.2, -0.15) is 0 Å². The van der Waals surface area contributed by atoms with E-state index in [1.54, 1.807) is 18.2 Å². The van der Waals surface area contributed by atoms with Crippen LogP contribution in [0, 0.1) is 0 Å². The maximum atomic E-state index is 12.3. The molecule has 1 unspecified atom stereocenters. The maximum absolute atomic E-state index is 12.3. The fourth-order valence-electron chi connectivity index (χ4n) is 2.87. The predicted molar refractivity (Wildman–Crippen MR) is 86.5 cm³/mol. The zero-order valence-electron chi connectivity index (χ0n) is 12.7. The van der Waals surface area contributed by atoms with Gasteiger partial charge in [-0.25, -0.2) is 0 Å². The third kappa shape index (κ3) is 4.43. The van der Waals surface area contributed by atoms with Gasteiger partial charge in [0.05, 0.1) is 21.8 Å². The minimum Gasteiger partial charge on any atom is -0.370 e. The van der Waals surface area contributed by atoms with E-state index in [4.69, 9.17) is 27.9 Å². The molecule has 1 atom stereocenters. The molecule has 0 saturated carbocycles. The highest BCUT2D eigenvalue weighted by molar-refractivity contribution is 6.43. The van der Waals surface area contributed by atoms with Gasteiger partial charge in [0.2, 0.25) is 0 Å². The Morgan fingerprint density at radius 1 is 1.43 bits per heavy atom. The molecule has 1 heterocycles. The van der Waals surface area contributed by atoms with Gasteiger partial charge in [0, 0.05) is 31.6 Å². The molecule has 0 amide bonds. The fourth-order valence-corrected chi connectivity index (χ4v) is 3.28. The molecule has 5 heteroatoms. The molecule has 1 aliphatic heterocycles. The molecule has 0 aromatic heterocycles. The molecule has 0 N–H and O–H groups in total. The molecule has 3 nitrogen and oxygen atoms in total. The van der Waals surface area contributed by atoms with Crippen LogP contribution in [-0.4, -0.2) is 42.0 Å². The summed E-state index contributed by atoms with van der Waals surface area (Å²) in [5, 5.41) is 0.767. The summed E-state index contributed by atoms with van der Waals surface area (Å²) in [5.41, 5.74) is 0.332. The molecule has 21 heavy (non-hydrogen) atoms. The molecule has 0 aliphatic carbocycles. The Balaban J connectivity index is 1.96. The number of ether oxygens (including phenoxy) is 1. The van der Waals surface area contributed by atoms with Crippen molar-refractivity contribution >= 4 is 29.0 Å². The number of hydrogen-bond acceptors (Lipinski definition) is 3. The fraction of sp³-hybridized carbons (Fsp3) is 0.562. The Bertz CT molecular complexity index is 531.